The number of aliphatic hydroxyl groups excluding tert-OH is 2. The number of phenolic OH excluding ortho intramolecular Hbond substituents is 1. The highest BCUT2D eigenvalue weighted by Gasteiger charge is 2.43. The number of nitrogens with zero attached hydrogens (tertiary/aromatic N) is 1. The second-order valence-corrected chi connectivity index (χ2v) is 19.9. The van der Waals surface area contributed by atoms with Crippen LogP contribution in [0.3, 0.4) is 0 Å². The zero-order chi connectivity index (χ0) is 53.0. The van der Waals surface area contributed by atoms with Crippen LogP contribution in [0, 0.1) is 5.92 Å². The van der Waals surface area contributed by atoms with E-state index in [1.165, 1.54) is 24.3 Å². The third-order valence-electron chi connectivity index (χ3n) is 11.7. The van der Waals surface area contributed by atoms with Crippen LogP contribution in [-0.2, 0) is 59.2 Å². The molecule has 0 unspecified atom stereocenters. The molecule has 8 atom stereocenters. The summed E-state index contributed by atoms with van der Waals surface area (Å²) in [7, 11) is 1.85. The van der Waals surface area contributed by atoms with Gasteiger partial charge in [0.25, 0.3) is 0 Å². The average molecular weight is 1040 g/mol. The van der Waals surface area contributed by atoms with Gasteiger partial charge in [0.15, 0.2) is 0 Å². The van der Waals surface area contributed by atoms with Crippen LogP contribution in [0.2, 0.25) is 0 Å². The molecule has 71 heavy (non-hydrogen) atoms. The molecule has 2 aliphatic rings. The van der Waals surface area contributed by atoms with Crippen molar-refractivity contribution in [2.24, 2.45) is 28.9 Å². The molecule has 1 aliphatic heterocycles. The number of phenols is 1. The molecule has 1 heterocycles. The van der Waals surface area contributed by atoms with Crippen molar-refractivity contribution in [3.05, 3.63) is 29.8 Å². The molecule has 26 nitrogen and oxygen atoms in total. The summed E-state index contributed by atoms with van der Waals surface area (Å²) >= 11 is 0. The first-order chi connectivity index (χ1) is 33.5. The lowest BCUT2D eigenvalue weighted by molar-refractivity contribution is -0.142. The molecule has 3 rings (SSSR count). The number of carbonyl (C=O) groups is 11. The summed E-state index contributed by atoms with van der Waals surface area (Å²) in [5, 5.41) is 47.7. The Morgan fingerprint density at radius 2 is 1.39 bits per heavy atom. The second kappa shape index (κ2) is 28.6. The average Bonchev–Trinajstić information content (AvgIpc) is 3.79. The van der Waals surface area contributed by atoms with Gasteiger partial charge in [-0.1, -0.05) is 66.8 Å². The number of aromatic hydroxyl groups is 1. The van der Waals surface area contributed by atoms with E-state index < -0.39 is 164 Å². The fourth-order valence-electron chi connectivity index (χ4n) is 7.54. The number of benzene rings is 1. The number of primary amides is 3. The Bertz CT molecular complexity index is 2100. The van der Waals surface area contributed by atoms with Crippen molar-refractivity contribution in [2.75, 3.05) is 37.7 Å². The molecule has 1 aromatic carbocycles. The molecular weight excluding hydrogens is 973 g/mol. The van der Waals surface area contributed by atoms with Gasteiger partial charge in [-0.25, -0.2) is 0 Å². The number of carbonyl (C=O) groups excluding carboxylic acids is 11. The Kier molecular flexibility index (Phi) is 23.8. The van der Waals surface area contributed by atoms with E-state index >= 15 is 0 Å². The zero-order valence-corrected chi connectivity index (χ0v) is 41.1. The van der Waals surface area contributed by atoms with Gasteiger partial charge < -0.3 is 80.4 Å². The smallest absolute Gasteiger partial charge is 0.246 e. The summed E-state index contributed by atoms with van der Waals surface area (Å²) in [6.45, 7) is 0.393. The minimum absolute atomic E-state index is 0.0679. The van der Waals surface area contributed by atoms with E-state index in [1.54, 1.807) is 13.8 Å². The van der Waals surface area contributed by atoms with Crippen LogP contribution in [-0.4, -0.2) is 171 Å². The van der Waals surface area contributed by atoms with Gasteiger partial charge in [0.05, 0.1) is 38.3 Å². The van der Waals surface area contributed by atoms with Crippen molar-refractivity contribution in [3.63, 3.8) is 0 Å². The topological polar surface area (TPSA) is 440 Å². The van der Waals surface area contributed by atoms with Crippen LogP contribution < -0.4 is 60.2 Å². The van der Waals surface area contributed by atoms with Gasteiger partial charge in [-0.05, 0) is 42.9 Å². The number of aliphatic hydroxyl groups is 2. The van der Waals surface area contributed by atoms with Crippen LogP contribution in [0.5, 0.6) is 5.75 Å². The third kappa shape index (κ3) is 19.1. The minimum atomic E-state index is -1.85. The molecule has 2 fully saturated rings. The van der Waals surface area contributed by atoms with E-state index in [2.05, 4.69) is 37.2 Å². The highest BCUT2D eigenvalue weighted by Crippen LogP contribution is 2.30. The van der Waals surface area contributed by atoms with E-state index in [9.17, 15) is 68.1 Å². The monoisotopic (exact) mass is 1040 g/mol. The molecule has 1 saturated carbocycles. The van der Waals surface area contributed by atoms with E-state index in [0.717, 1.165) is 26.5 Å². The molecule has 28 heteroatoms. The predicted molar refractivity (Wildman–Crippen MR) is 257 cm³/mol. The Morgan fingerprint density at radius 1 is 0.803 bits per heavy atom. The largest absolute Gasteiger partial charge is 0.508 e. The van der Waals surface area contributed by atoms with Gasteiger partial charge in [0.1, 0.15) is 41.5 Å². The first-order valence-corrected chi connectivity index (χ1v) is 25.3. The summed E-state index contributed by atoms with van der Waals surface area (Å²) in [6, 6.07) is -3.44. The van der Waals surface area contributed by atoms with Crippen molar-refractivity contribution in [1.29, 1.82) is 0 Å². The molecule has 0 bridgehead atoms. The number of nitrogens with two attached hydrogens (primary N) is 4. The SMILES string of the molecule is CC[C@H](C)[C@@H]1NC(=O)[C@H](Cc2ccc(O)cc2)NC(=O)[C@@H](N)CSSC[C@@H](C(=O)N(CC(=O)NC2(C(=O)NCC(N)=O)CCCC2)C[C@@H](O)CO)NC(=O)[C@H](CC(N)=O)NC(=O)[C@H](CCC(N)=O)NC1=O. The normalized spacial score (nSPS) is 23.5. The molecule has 1 saturated heterocycles. The summed E-state index contributed by atoms with van der Waals surface area (Å²) in [6.07, 6.45) is -1.90. The van der Waals surface area contributed by atoms with E-state index in [4.69, 9.17) is 22.9 Å². The van der Waals surface area contributed by atoms with Crippen LogP contribution >= 0.6 is 21.6 Å². The number of rotatable bonds is 19. The number of hydrogen-bond acceptors (Lipinski definition) is 17. The van der Waals surface area contributed by atoms with Crippen LogP contribution in [0.4, 0.5) is 0 Å². The van der Waals surface area contributed by atoms with Gasteiger partial charge >= 0.3 is 0 Å². The molecule has 1 aromatic rings. The quantitative estimate of drug-likeness (QED) is 0.0575. The molecule has 0 spiro atoms. The molecule has 11 amide bonds. The third-order valence-corrected chi connectivity index (χ3v) is 14.1. The van der Waals surface area contributed by atoms with Crippen molar-refractivity contribution >= 4 is 86.6 Å². The lowest BCUT2D eigenvalue weighted by Crippen LogP contribution is -2.62. The van der Waals surface area contributed by atoms with Crippen LogP contribution in [0.25, 0.3) is 0 Å². The van der Waals surface area contributed by atoms with Gasteiger partial charge in [-0.15, -0.1) is 0 Å². The summed E-state index contributed by atoms with van der Waals surface area (Å²) in [4.78, 5) is 148. The Hall–Kier alpha value is -6.23. The number of nitrogens with one attached hydrogen (secondary N) is 7. The molecule has 1 aliphatic carbocycles. The van der Waals surface area contributed by atoms with Crippen LogP contribution in [0.15, 0.2) is 24.3 Å². The fraction of sp³-hybridized carbons (Fsp3) is 0.605. The number of amides is 11. The fourth-order valence-corrected chi connectivity index (χ4v) is 9.82. The first kappa shape index (κ1) is 59.1. The highest BCUT2D eigenvalue weighted by molar-refractivity contribution is 8.76. The summed E-state index contributed by atoms with van der Waals surface area (Å²) in [5.74, 6) is -11.6. The maximum absolute atomic E-state index is 14.5. The maximum atomic E-state index is 14.5. The van der Waals surface area contributed by atoms with E-state index in [0.29, 0.717) is 24.8 Å². The molecule has 0 radical (unpaired) electrons. The van der Waals surface area contributed by atoms with Gasteiger partial charge in [0.2, 0.25) is 65.0 Å². The highest BCUT2D eigenvalue weighted by atomic mass is 33.1. The lowest BCUT2D eigenvalue weighted by atomic mass is 9.96. The molecule has 394 valence electrons. The van der Waals surface area contributed by atoms with Crippen molar-refractivity contribution < 1.29 is 68.1 Å². The predicted octanol–water partition coefficient (Wildman–Crippen LogP) is -5.52. The van der Waals surface area contributed by atoms with E-state index in [1.807, 2.05) is 0 Å². The summed E-state index contributed by atoms with van der Waals surface area (Å²) in [5.41, 5.74) is 21.4. The van der Waals surface area contributed by atoms with E-state index in [-0.39, 0.29) is 36.5 Å². The summed E-state index contributed by atoms with van der Waals surface area (Å²) < 4.78 is 0. The minimum Gasteiger partial charge on any atom is -0.508 e. The Balaban J connectivity index is 2.09. The Morgan fingerprint density at radius 3 is 1.99 bits per heavy atom. The van der Waals surface area contributed by atoms with Gasteiger partial charge in [0, 0.05) is 30.9 Å². The van der Waals surface area contributed by atoms with Crippen molar-refractivity contribution in [3.8, 4) is 5.75 Å². The van der Waals surface area contributed by atoms with Gasteiger partial charge in [-0.2, -0.15) is 0 Å². The molecular formula is C43H66N12O14S2. The van der Waals surface area contributed by atoms with Crippen LogP contribution in [0.1, 0.15) is 70.8 Å². The molecule has 0 aromatic heterocycles. The standard InChI is InChI=1S/C43H66N12O14S2/c1-3-22(2)35-40(67)49-27(10-11-31(45)59)37(64)51-29(15-32(46)60)38(65)52-30(21-71-70-20-26(44)36(63)50-28(39(66)53-35)14-23-6-8-24(57)9-7-23)41(68)55(17-25(58)19-56)18-34(62)54-43(12-4-5-13-43)42(69)48-16-33(47)61/h6-9,22,25-30,35,56-58H,3-5,10-21,44H2,1-2H3,(H2,45,59)(H2,46,60)(H2,47,61)(H,48,69)(H,49,67)(H,50,63)(H,51,64)(H,52,65)(H,53,66)(H,54,62)/t22-,25+,26-,27-,28-,29-,30-,35-/m0/s1. The molecule has 18 N–H and O–H groups in total. The number of hydrogen-bond donors (Lipinski definition) is 14. The maximum Gasteiger partial charge on any atom is 0.246 e. The Labute approximate surface area is 417 Å². The zero-order valence-electron chi connectivity index (χ0n) is 39.4. The van der Waals surface area contributed by atoms with Crippen molar-refractivity contribution in [2.45, 2.75) is 120 Å². The van der Waals surface area contributed by atoms with Crippen molar-refractivity contribution in [1.82, 2.24) is 42.1 Å². The second-order valence-electron chi connectivity index (χ2n) is 17.4. The first-order valence-electron chi connectivity index (χ1n) is 22.8. The van der Waals surface area contributed by atoms with Gasteiger partial charge in [-0.3, -0.25) is 52.7 Å². The lowest BCUT2D eigenvalue weighted by Gasteiger charge is -2.33.